The van der Waals surface area contributed by atoms with Crippen LogP contribution < -0.4 is 0 Å². The molecular weight excluding hydrogens is 305 g/mol. The Morgan fingerprint density at radius 1 is 1.41 bits per heavy atom. The fourth-order valence-corrected chi connectivity index (χ4v) is 2.07. The molecule has 0 N–H and O–H groups in total. The maximum absolute atomic E-state index is 13.6. The van der Waals surface area contributed by atoms with Gasteiger partial charge in [-0.2, -0.15) is 0 Å². The third-order valence-electron chi connectivity index (χ3n) is 2.06. The van der Waals surface area contributed by atoms with Crippen molar-refractivity contribution in [1.82, 2.24) is 0 Å². The van der Waals surface area contributed by atoms with Crippen LogP contribution in [0.5, 0.6) is 0 Å². The topological polar surface area (TPSA) is 35.4 Å². The van der Waals surface area contributed by atoms with Crippen LogP contribution in [0.1, 0.15) is 33.3 Å². The third kappa shape index (κ3) is 4.08. The second-order valence-corrected chi connectivity index (χ2v) is 7.48. The highest BCUT2D eigenvalue weighted by atomic mass is 79.9. The summed E-state index contributed by atoms with van der Waals surface area (Å²) in [5, 5.41) is 0. The summed E-state index contributed by atoms with van der Waals surface area (Å²) in [6.07, 6.45) is 0. The molecule has 0 heterocycles. The molecule has 0 saturated carbocycles. The zero-order valence-electron chi connectivity index (χ0n) is 10.3. The highest BCUT2D eigenvalue weighted by Gasteiger charge is 2.27. The Kier molecular flexibility index (Phi) is 4.75. The Hall–Kier alpha value is -0.390. The zero-order chi connectivity index (χ0) is 13.2. The van der Waals surface area contributed by atoms with E-state index in [1.165, 1.54) is 6.07 Å². The van der Waals surface area contributed by atoms with E-state index in [1.807, 2.05) is 20.8 Å². The van der Waals surface area contributed by atoms with Gasteiger partial charge in [-0.25, -0.2) is 4.39 Å². The van der Waals surface area contributed by atoms with Crippen molar-refractivity contribution in [2.75, 3.05) is 0 Å². The number of benzene rings is 1. The van der Waals surface area contributed by atoms with E-state index in [9.17, 15) is 8.94 Å². The minimum Gasteiger partial charge on any atom is -0.591 e. The highest BCUT2D eigenvalue weighted by molar-refractivity contribution is 9.10. The van der Waals surface area contributed by atoms with Gasteiger partial charge >= 0.3 is 0 Å². The van der Waals surface area contributed by atoms with E-state index >= 15 is 0 Å². The van der Waals surface area contributed by atoms with Crippen molar-refractivity contribution in [2.24, 2.45) is 4.40 Å². The average molecular weight is 320 g/mol. The highest BCUT2D eigenvalue weighted by Crippen LogP contribution is 2.21. The lowest BCUT2D eigenvalue weighted by Crippen LogP contribution is -2.26. The first kappa shape index (κ1) is 14.7. The molecule has 0 amide bonds. The van der Waals surface area contributed by atoms with Crippen LogP contribution in [0, 0.1) is 5.82 Å². The summed E-state index contributed by atoms with van der Waals surface area (Å²) in [6, 6.07) is 4.61. The molecule has 5 heteroatoms. The van der Waals surface area contributed by atoms with Crippen LogP contribution in [0.15, 0.2) is 27.1 Å². The number of halogens is 2. The van der Waals surface area contributed by atoms with E-state index in [0.717, 1.165) is 4.47 Å². The zero-order valence-corrected chi connectivity index (χ0v) is 12.7. The van der Waals surface area contributed by atoms with Crippen LogP contribution in [-0.4, -0.2) is 15.0 Å². The van der Waals surface area contributed by atoms with Crippen LogP contribution in [0.2, 0.25) is 0 Å². The monoisotopic (exact) mass is 319 g/mol. The molecule has 1 unspecified atom stereocenters. The molecule has 94 valence electrons. The normalized spacial score (nSPS) is 14.9. The lowest BCUT2D eigenvalue weighted by Gasteiger charge is -2.18. The first-order valence-corrected chi connectivity index (χ1v) is 7.04. The van der Waals surface area contributed by atoms with Gasteiger partial charge in [0, 0.05) is 10.0 Å². The first-order chi connectivity index (χ1) is 7.71. The van der Waals surface area contributed by atoms with Crippen molar-refractivity contribution in [3.63, 3.8) is 0 Å². The van der Waals surface area contributed by atoms with Crippen molar-refractivity contribution in [3.8, 4) is 0 Å². The minimum atomic E-state index is -1.38. The molecule has 0 aliphatic heterocycles. The van der Waals surface area contributed by atoms with Crippen molar-refractivity contribution in [3.05, 3.63) is 34.1 Å². The summed E-state index contributed by atoms with van der Waals surface area (Å²) >= 11 is 1.90. The van der Waals surface area contributed by atoms with Gasteiger partial charge in [0.15, 0.2) is 0 Å². The lowest BCUT2D eigenvalue weighted by atomic mass is 10.1. The molecular formula is C12H15BrFNOS. The molecule has 0 bridgehead atoms. The number of hydrogen-bond donors (Lipinski definition) is 0. The van der Waals surface area contributed by atoms with Crippen molar-refractivity contribution >= 4 is 33.0 Å². The summed E-state index contributed by atoms with van der Waals surface area (Å²) in [5.41, 5.74) is 0.814. The van der Waals surface area contributed by atoms with Gasteiger partial charge in [0.2, 0.25) is 0 Å². The van der Waals surface area contributed by atoms with E-state index in [-0.39, 0.29) is 5.82 Å². The minimum absolute atomic E-state index is 0.361. The fraction of sp³-hybridized carbons (Fsp3) is 0.417. The summed E-state index contributed by atoms with van der Waals surface area (Å²) < 4.78 is 29.8. The van der Waals surface area contributed by atoms with Crippen LogP contribution in [0.3, 0.4) is 0 Å². The van der Waals surface area contributed by atoms with E-state index < -0.39 is 16.1 Å². The molecule has 1 atom stereocenters. The van der Waals surface area contributed by atoms with E-state index in [4.69, 9.17) is 0 Å². The van der Waals surface area contributed by atoms with Gasteiger partial charge in [-0.3, -0.25) is 0 Å². The second kappa shape index (κ2) is 5.50. The van der Waals surface area contributed by atoms with Crippen LogP contribution in [0.25, 0.3) is 0 Å². The summed E-state index contributed by atoms with van der Waals surface area (Å²) in [4.78, 5) is 0. The SMILES string of the molecule is C/C(=N/[S+]([O-])C(C)(C)C)c1cc(Br)ccc1F. The van der Waals surface area contributed by atoms with Gasteiger partial charge in [-0.15, -0.1) is 0 Å². The predicted octanol–water partition coefficient (Wildman–Crippen LogP) is 3.86. The van der Waals surface area contributed by atoms with Crippen LogP contribution in [0.4, 0.5) is 4.39 Å². The maximum Gasteiger partial charge on any atom is 0.144 e. The Bertz CT molecular complexity index is 443. The van der Waals surface area contributed by atoms with Crippen molar-refractivity contribution in [1.29, 1.82) is 0 Å². The Morgan fingerprint density at radius 2 is 2.00 bits per heavy atom. The number of nitrogens with zero attached hydrogens (tertiary/aromatic N) is 1. The Labute approximate surface area is 113 Å². The molecule has 17 heavy (non-hydrogen) atoms. The molecule has 0 spiro atoms. The molecule has 1 rings (SSSR count). The summed E-state index contributed by atoms with van der Waals surface area (Å²) in [5.74, 6) is -0.361. The molecule has 0 aliphatic carbocycles. The Balaban J connectivity index is 3.08. The standard InChI is InChI=1S/C12H15BrFNOS/c1-8(15-17(16)12(2,3)4)10-7-9(13)5-6-11(10)14/h5-7H,1-4H3/b15-8-. The van der Waals surface area contributed by atoms with Crippen LogP contribution in [-0.2, 0) is 11.4 Å². The molecule has 0 radical (unpaired) electrons. The lowest BCUT2D eigenvalue weighted by molar-refractivity contribution is 0.561. The van der Waals surface area contributed by atoms with Crippen LogP contribution >= 0.6 is 15.9 Å². The molecule has 0 aliphatic rings. The fourth-order valence-electron chi connectivity index (χ4n) is 1.09. The Morgan fingerprint density at radius 3 is 2.53 bits per heavy atom. The number of hydrogen-bond acceptors (Lipinski definition) is 2. The van der Waals surface area contributed by atoms with Gasteiger partial charge in [-0.05, 0) is 45.9 Å². The maximum atomic E-state index is 13.6. The largest absolute Gasteiger partial charge is 0.591 e. The smallest absolute Gasteiger partial charge is 0.144 e. The third-order valence-corrected chi connectivity index (χ3v) is 4.04. The van der Waals surface area contributed by atoms with Gasteiger partial charge in [0.25, 0.3) is 0 Å². The summed E-state index contributed by atoms with van der Waals surface area (Å²) in [6.45, 7) is 7.15. The molecule has 0 fully saturated rings. The first-order valence-electron chi connectivity index (χ1n) is 5.14. The summed E-state index contributed by atoms with van der Waals surface area (Å²) in [7, 11) is 0. The van der Waals surface area contributed by atoms with Gasteiger partial charge in [0.1, 0.15) is 21.9 Å². The average Bonchev–Trinajstić information content (AvgIpc) is 2.20. The molecule has 1 aromatic carbocycles. The second-order valence-electron chi connectivity index (χ2n) is 4.66. The van der Waals surface area contributed by atoms with Gasteiger partial charge in [-0.1, -0.05) is 20.3 Å². The molecule has 1 aromatic rings. The predicted molar refractivity (Wildman–Crippen MR) is 74.2 cm³/mol. The van der Waals surface area contributed by atoms with E-state index in [0.29, 0.717) is 11.3 Å². The van der Waals surface area contributed by atoms with Crippen molar-refractivity contribution < 1.29 is 8.94 Å². The van der Waals surface area contributed by atoms with Gasteiger partial charge in [0.05, 0.1) is 5.71 Å². The van der Waals surface area contributed by atoms with E-state index in [1.54, 1.807) is 19.1 Å². The molecule has 0 saturated heterocycles. The van der Waals surface area contributed by atoms with E-state index in [2.05, 4.69) is 20.3 Å². The quantitative estimate of drug-likeness (QED) is 0.602. The molecule has 2 nitrogen and oxygen atoms in total. The number of rotatable bonds is 2. The van der Waals surface area contributed by atoms with Crippen molar-refractivity contribution in [2.45, 2.75) is 32.4 Å². The molecule has 0 aromatic heterocycles. The van der Waals surface area contributed by atoms with Gasteiger partial charge < -0.3 is 4.55 Å².